The molecule has 1 atom stereocenters. The van der Waals surface area contributed by atoms with Crippen LogP contribution in [0.2, 0.25) is 0 Å². The number of unbranched alkanes of at least 4 members (excludes halogenated alkanes) is 3. The van der Waals surface area contributed by atoms with E-state index in [-0.39, 0.29) is 0 Å². The van der Waals surface area contributed by atoms with Crippen LogP contribution in [-0.4, -0.2) is 5.78 Å². The Kier molecular flexibility index (Phi) is 11.3. The van der Waals surface area contributed by atoms with Crippen molar-refractivity contribution < 1.29 is 4.79 Å². The number of ketones is 1. The van der Waals surface area contributed by atoms with Gasteiger partial charge in [-0.2, -0.15) is 0 Å². The summed E-state index contributed by atoms with van der Waals surface area (Å²) in [5, 5.41) is 0. The Morgan fingerprint density at radius 2 is 1.77 bits per heavy atom. The van der Waals surface area contributed by atoms with Crippen molar-refractivity contribution in [2.45, 2.75) is 71.1 Å². The van der Waals surface area contributed by atoms with Crippen molar-refractivity contribution in [1.29, 1.82) is 0 Å². The van der Waals surface area contributed by atoms with Gasteiger partial charge in [-0.1, -0.05) is 68.4 Å². The number of carbonyl (C=O) groups is 1. The SMILES string of the molecule is CCCCC/C=C\C/C=C\C/C=C\C=C\C1CCCC(=O)C1. The van der Waals surface area contributed by atoms with Crippen LogP contribution in [0.4, 0.5) is 0 Å². The van der Waals surface area contributed by atoms with Crippen molar-refractivity contribution >= 4 is 5.78 Å². The molecule has 1 unspecified atom stereocenters. The van der Waals surface area contributed by atoms with E-state index in [0.717, 1.165) is 32.1 Å². The van der Waals surface area contributed by atoms with Crippen LogP contribution in [0.1, 0.15) is 71.1 Å². The van der Waals surface area contributed by atoms with Crippen molar-refractivity contribution in [1.82, 2.24) is 0 Å². The molecule has 0 amide bonds. The van der Waals surface area contributed by atoms with E-state index in [2.05, 4.69) is 55.5 Å². The van der Waals surface area contributed by atoms with Crippen LogP contribution in [0, 0.1) is 5.92 Å². The van der Waals surface area contributed by atoms with Crippen molar-refractivity contribution in [3.05, 3.63) is 48.6 Å². The molecule has 0 aromatic heterocycles. The third-order valence-electron chi connectivity index (χ3n) is 4.00. The molecule has 0 aromatic rings. The average Bonchev–Trinajstić information content (AvgIpc) is 2.52. The van der Waals surface area contributed by atoms with E-state index in [1.807, 2.05) is 0 Å². The maximum atomic E-state index is 11.3. The number of carbonyl (C=O) groups excluding carboxylic acids is 1. The van der Waals surface area contributed by atoms with Crippen molar-refractivity contribution in [2.24, 2.45) is 5.92 Å². The molecule has 0 aromatic carbocycles. The minimum Gasteiger partial charge on any atom is -0.300 e. The van der Waals surface area contributed by atoms with Gasteiger partial charge in [0.25, 0.3) is 0 Å². The lowest BCUT2D eigenvalue weighted by Crippen LogP contribution is -2.12. The lowest BCUT2D eigenvalue weighted by molar-refractivity contribution is -0.121. The van der Waals surface area contributed by atoms with Gasteiger partial charge in [-0.3, -0.25) is 4.79 Å². The fraction of sp³-hybridized carbons (Fsp3) is 0.571. The second-order valence-electron chi connectivity index (χ2n) is 6.12. The first-order valence-corrected chi connectivity index (χ1v) is 8.98. The molecule has 1 rings (SSSR count). The number of hydrogen-bond acceptors (Lipinski definition) is 1. The fourth-order valence-corrected chi connectivity index (χ4v) is 2.68. The predicted molar refractivity (Wildman–Crippen MR) is 96.9 cm³/mol. The van der Waals surface area contributed by atoms with Crippen molar-refractivity contribution in [2.75, 3.05) is 0 Å². The molecule has 0 N–H and O–H groups in total. The molecule has 1 heteroatoms. The summed E-state index contributed by atoms with van der Waals surface area (Å²) < 4.78 is 0. The molecule has 0 radical (unpaired) electrons. The topological polar surface area (TPSA) is 17.1 Å². The summed E-state index contributed by atoms with van der Waals surface area (Å²) >= 11 is 0. The quantitative estimate of drug-likeness (QED) is 0.262. The Bertz CT molecular complexity index is 398. The first kappa shape index (κ1) is 18.7. The molecule has 0 bridgehead atoms. The monoisotopic (exact) mass is 300 g/mol. The highest BCUT2D eigenvalue weighted by Crippen LogP contribution is 2.22. The van der Waals surface area contributed by atoms with Gasteiger partial charge in [-0.15, -0.1) is 0 Å². The zero-order valence-electron chi connectivity index (χ0n) is 14.2. The Balaban J connectivity index is 2.03. The lowest BCUT2D eigenvalue weighted by atomic mass is 9.88. The minimum atomic E-state index is 0.426. The van der Waals surface area contributed by atoms with Gasteiger partial charge in [-0.05, 0) is 44.4 Å². The number of allylic oxidation sites excluding steroid dienone is 8. The van der Waals surface area contributed by atoms with E-state index >= 15 is 0 Å². The maximum Gasteiger partial charge on any atom is 0.133 e. The molecule has 0 heterocycles. The molecule has 1 aliphatic carbocycles. The highest BCUT2D eigenvalue weighted by atomic mass is 16.1. The molecule has 22 heavy (non-hydrogen) atoms. The zero-order valence-corrected chi connectivity index (χ0v) is 14.2. The largest absolute Gasteiger partial charge is 0.300 e. The van der Waals surface area contributed by atoms with Gasteiger partial charge >= 0.3 is 0 Å². The van der Waals surface area contributed by atoms with Crippen LogP contribution in [0.3, 0.4) is 0 Å². The molecule has 0 saturated heterocycles. The van der Waals surface area contributed by atoms with Gasteiger partial charge in [0.05, 0.1) is 0 Å². The summed E-state index contributed by atoms with van der Waals surface area (Å²) in [6.45, 7) is 2.24. The lowest BCUT2D eigenvalue weighted by Gasteiger charge is -2.16. The molecular weight excluding hydrogens is 268 g/mol. The molecule has 1 nitrogen and oxygen atoms in total. The van der Waals surface area contributed by atoms with Crippen LogP contribution in [0.5, 0.6) is 0 Å². The van der Waals surface area contributed by atoms with Gasteiger partial charge in [0.1, 0.15) is 5.78 Å². The van der Waals surface area contributed by atoms with Crippen LogP contribution < -0.4 is 0 Å². The molecule has 0 spiro atoms. The molecule has 1 fully saturated rings. The highest BCUT2D eigenvalue weighted by molar-refractivity contribution is 5.79. The van der Waals surface area contributed by atoms with Gasteiger partial charge in [-0.25, -0.2) is 0 Å². The van der Waals surface area contributed by atoms with E-state index in [9.17, 15) is 4.79 Å². The second kappa shape index (κ2) is 13.3. The number of Topliss-reactive ketones (excluding diaryl/α,β-unsaturated/α-hetero) is 1. The summed E-state index contributed by atoms with van der Waals surface area (Å²) in [4.78, 5) is 11.3. The van der Waals surface area contributed by atoms with Gasteiger partial charge in [0, 0.05) is 12.8 Å². The first-order chi connectivity index (χ1) is 10.8. The zero-order chi connectivity index (χ0) is 15.9. The highest BCUT2D eigenvalue weighted by Gasteiger charge is 2.16. The fourth-order valence-electron chi connectivity index (χ4n) is 2.68. The minimum absolute atomic E-state index is 0.426. The molecule has 1 saturated carbocycles. The van der Waals surface area contributed by atoms with Crippen LogP contribution >= 0.6 is 0 Å². The van der Waals surface area contributed by atoms with Crippen molar-refractivity contribution in [3.8, 4) is 0 Å². The van der Waals surface area contributed by atoms with E-state index in [4.69, 9.17) is 0 Å². The summed E-state index contributed by atoms with van der Waals surface area (Å²) in [7, 11) is 0. The first-order valence-electron chi connectivity index (χ1n) is 8.98. The van der Waals surface area contributed by atoms with Crippen molar-refractivity contribution in [3.63, 3.8) is 0 Å². The Morgan fingerprint density at radius 3 is 2.55 bits per heavy atom. The van der Waals surface area contributed by atoms with Gasteiger partial charge in [0.2, 0.25) is 0 Å². The van der Waals surface area contributed by atoms with E-state index in [1.165, 1.54) is 32.1 Å². The number of hydrogen-bond donors (Lipinski definition) is 0. The van der Waals surface area contributed by atoms with Crippen LogP contribution in [0.25, 0.3) is 0 Å². The standard InChI is InChI=1S/C21H32O/c1-2-3-4-5-6-7-8-9-10-11-12-13-14-16-20-17-15-18-21(22)19-20/h6-7,9-10,12-14,16,20H,2-5,8,11,15,17-19H2,1H3/b7-6-,10-9-,13-12-,16-14+. The number of rotatable bonds is 10. The Morgan fingerprint density at radius 1 is 1.00 bits per heavy atom. The Hall–Kier alpha value is -1.37. The summed E-state index contributed by atoms with van der Waals surface area (Å²) in [6.07, 6.45) is 28.5. The molecular formula is C21H32O. The molecule has 1 aliphatic rings. The summed E-state index contributed by atoms with van der Waals surface area (Å²) in [6, 6.07) is 0. The van der Waals surface area contributed by atoms with Crippen LogP contribution in [0.15, 0.2) is 48.6 Å². The third-order valence-corrected chi connectivity index (χ3v) is 4.00. The average molecular weight is 300 g/mol. The van der Waals surface area contributed by atoms with Gasteiger partial charge in [0.15, 0.2) is 0 Å². The molecule has 0 aliphatic heterocycles. The normalized spacial score (nSPS) is 20.2. The Labute approximate surface area is 136 Å². The summed E-state index contributed by atoms with van der Waals surface area (Å²) in [5.74, 6) is 0.898. The predicted octanol–water partition coefficient (Wildman–Crippen LogP) is 6.33. The molecule has 122 valence electrons. The van der Waals surface area contributed by atoms with Crippen LogP contribution in [-0.2, 0) is 4.79 Å². The summed E-state index contributed by atoms with van der Waals surface area (Å²) in [5.41, 5.74) is 0. The van der Waals surface area contributed by atoms with Gasteiger partial charge < -0.3 is 0 Å². The smallest absolute Gasteiger partial charge is 0.133 e. The van der Waals surface area contributed by atoms with E-state index < -0.39 is 0 Å². The van der Waals surface area contributed by atoms with E-state index in [0.29, 0.717) is 11.7 Å². The second-order valence-corrected chi connectivity index (χ2v) is 6.12. The third kappa shape index (κ3) is 10.4. The maximum absolute atomic E-state index is 11.3. The van der Waals surface area contributed by atoms with E-state index in [1.54, 1.807) is 0 Å².